The molecule has 0 atom stereocenters. The van der Waals surface area contributed by atoms with Crippen molar-refractivity contribution in [2.75, 3.05) is 4.90 Å². The molecule has 0 saturated heterocycles. The number of nitrogens with zero attached hydrogens (tertiary/aromatic N) is 1. The Morgan fingerprint density at radius 1 is 0.905 bits per heavy atom. The summed E-state index contributed by atoms with van der Waals surface area (Å²) in [6, 6.07) is 13.6. The number of benzene rings is 2. The van der Waals surface area contributed by atoms with E-state index in [1.54, 1.807) is 18.7 Å². The fourth-order valence-electron chi connectivity index (χ4n) is 2.88. The first-order valence-electron chi connectivity index (χ1n) is 7.10. The van der Waals surface area contributed by atoms with E-state index in [9.17, 15) is 9.59 Å². The summed E-state index contributed by atoms with van der Waals surface area (Å²) in [7, 11) is 0. The Kier molecular flexibility index (Phi) is 3.34. The third-order valence-electron chi connectivity index (χ3n) is 3.94. The predicted octanol–water partition coefficient (Wildman–Crippen LogP) is 3.67. The molecule has 0 bridgehead atoms. The summed E-state index contributed by atoms with van der Waals surface area (Å²) in [6.07, 6.45) is 1.76. The molecule has 3 rings (SSSR count). The molecule has 0 radical (unpaired) electrons. The molecule has 2 aromatic rings. The number of hydrogen-bond acceptors (Lipinski definition) is 2. The van der Waals surface area contributed by atoms with Gasteiger partial charge in [0.1, 0.15) is 0 Å². The van der Waals surface area contributed by atoms with Crippen LogP contribution in [0.5, 0.6) is 0 Å². The van der Waals surface area contributed by atoms with Gasteiger partial charge in [0.2, 0.25) is 5.91 Å². The van der Waals surface area contributed by atoms with E-state index in [-0.39, 0.29) is 11.7 Å². The molecule has 3 heteroatoms. The van der Waals surface area contributed by atoms with Crippen LogP contribution in [0.15, 0.2) is 42.5 Å². The Labute approximate surface area is 124 Å². The molecule has 1 amide bonds. The Hall–Kier alpha value is -2.42. The average molecular weight is 279 g/mol. The van der Waals surface area contributed by atoms with E-state index in [1.165, 1.54) is 0 Å². The number of hydrogen-bond donors (Lipinski definition) is 0. The molecule has 1 aliphatic rings. The normalized spacial score (nSPS) is 13.1. The van der Waals surface area contributed by atoms with Crippen molar-refractivity contribution in [3.63, 3.8) is 0 Å². The minimum Gasteiger partial charge on any atom is -0.295 e. The largest absolute Gasteiger partial charge is 0.295 e. The smallest absolute Gasteiger partial charge is 0.228 e. The van der Waals surface area contributed by atoms with Crippen molar-refractivity contribution in [3.05, 3.63) is 59.2 Å². The number of carbonyl (C=O) groups excluding carboxylic acids is 2. The lowest BCUT2D eigenvalue weighted by molar-refractivity contribution is -0.115. The number of rotatable bonds is 1. The highest BCUT2D eigenvalue weighted by atomic mass is 16.2. The molecule has 0 unspecified atom stereocenters. The first kappa shape index (κ1) is 13.6. The molecule has 2 aromatic carbocycles. The van der Waals surface area contributed by atoms with Gasteiger partial charge in [-0.1, -0.05) is 30.3 Å². The highest BCUT2D eigenvalue weighted by molar-refractivity contribution is 6.03. The quantitative estimate of drug-likeness (QED) is 0.747. The highest BCUT2D eigenvalue weighted by Gasteiger charge is 2.23. The van der Waals surface area contributed by atoms with Crippen LogP contribution in [0.3, 0.4) is 0 Å². The summed E-state index contributed by atoms with van der Waals surface area (Å²) in [5.41, 5.74) is 4.66. The van der Waals surface area contributed by atoms with Crippen molar-refractivity contribution in [1.82, 2.24) is 0 Å². The zero-order chi connectivity index (χ0) is 15.0. The third kappa shape index (κ3) is 2.35. The minimum atomic E-state index is -0.0358. The van der Waals surface area contributed by atoms with Crippen molar-refractivity contribution < 1.29 is 9.59 Å². The summed E-state index contributed by atoms with van der Waals surface area (Å²) >= 11 is 0. The number of aryl methyl sites for hydroxylation is 2. The first-order chi connectivity index (χ1) is 10.1. The van der Waals surface area contributed by atoms with Crippen LogP contribution in [-0.2, 0) is 17.6 Å². The zero-order valence-electron chi connectivity index (χ0n) is 12.2. The molecule has 0 fully saturated rings. The van der Waals surface area contributed by atoms with Gasteiger partial charge in [0.05, 0.1) is 11.4 Å². The summed E-state index contributed by atoms with van der Waals surface area (Å²) in [5.74, 6) is -0.0230. The summed E-state index contributed by atoms with van der Waals surface area (Å²) < 4.78 is 0. The second kappa shape index (κ2) is 5.17. The molecule has 3 nitrogen and oxygen atoms in total. The molecule has 0 N–H and O–H groups in total. The van der Waals surface area contributed by atoms with Gasteiger partial charge in [0.15, 0.2) is 5.78 Å². The number of para-hydroxylation sites is 1. The maximum absolute atomic E-state index is 12.2. The van der Waals surface area contributed by atoms with Gasteiger partial charge in [0, 0.05) is 12.5 Å². The van der Waals surface area contributed by atoms with Crippen LogP contribution in [0.2, 0.25) is 0 Å². The SMILES string of the molecule is CC(=O)c1ccc2c(c1)N(C(C)=O)c1ccccc1CC2. The van der Waals surface area contributed by atoms with Crippen LogP contribution in [0.4, 0.5) is 11.4 Å². The molecular formula is C18H17NO2. The van der Waals surface area contributed by atoms with Crippen LogP contribution < -0.4 is 4.90 Å². The molecular weight excluding hydrogens is 262 g/mol. The van der Waals surface area contributed by atoms with Crippen LogP contribution in [0, 0.1) is 0 Å². The van der Waals surface area contributed by atoms with E-state index in [0.29, 0.717) is 5.56 Å². The van der Waals surface area contributed by atoms with Crippen LogP contribution in [-0.4, -0.2) is 11.7 Å². The molecule has 106 valence electrons. The van der Waals surface area contributed by atoms with Gasteiger partial charge in [-0.2, -0.15) is 0 Å². The van der Waals surface area contributed by atoms with Crippen molar-refractivity contribution in [1.29, 1.82) is 0 Å². The first-order valence-corrected chi connectivity index (χ1v) is 7.10. The minimum absolute atomic E-state index is 0.0128. The third-order valence-corrected chi connectivity index (χ3v) is 3.94. The van der Waals surface area contributed by atoms with E-state index in [1.807, 2.05) is 36.4 Å². The topological polar surface area (TPSA) is 37.4 Å². The molecule has 0 aliphatic carbocycles. The van der Waals surface area contributed by atoms with Gasteiger partial charge in [-0.15, -0.1) is 0 Å². The van der Waals surface area contributed by atoms with E-state index in [0.717, 1.165) is 35.3 Å². The highest BCUT2D eigenvalue weighted by Crippen LogP contribution is 2.36. The maximum atomic E-state index is 12.2. The van der Waals surface area contributed by atoms with Crippen molar-refractivity contribution in [2.24, 2.45) is 0 Å². The lowest BCUT2D eigenvalue weighted by atomic mass is 10.0. The number of carbonyl (C=O) groups is 2. The standard InChI is InChI=1S/C18H17NO2/c1-12(20)16-10-9-15-8-7-14-5-3-4-6-17(14)19(13(2)21)18(15)11-16/h3-6,9-11H,7-8H2,1-2H3. The van der Waals surface area contributed by atoms with Crippen LogP contribution in [0.25, 0.3) is 0 Å². The molecule has 21 heavy (non-hydrogen) atoms. The van der Waals surface area contributed by atoms with Crippen molar-refractivity contribution >= 4 is 23.1 Å². The summed E-state index contributed by atoms with van der Waals surface area (Å²) in [5, 5.41) is 0. The number of Topliss-reactive ketones (excluding diaryl/α,β-unsaturated/α-hetero) is 1. The fourth-order valence-corrected chi connectivity index (χ4v) is 2.88. The maximum Gasteiger partial charge on any atom is 0.228 e. The van der Waals surface area contributed by atoms with E-state index < -0.39 is 0 Å². The molecule has 0 spiro atoms. The second-order valence-corrected chi connectivity index (χ2v) is 5.38. The van der Waals surface area contributed by atoms with Crippen molar-refractivity contribution in [2.45, 2.75) is 26.7 Å². The van der Waals surface area contributed by atoms with Crippen molar-refractivity contribution in [3.8, 4) is 0 Å². The van der Waals surface area contributed by atoms with E-state index >= 15 is 0 Å². The van der Waals surface area contributed by atoms with Gasteiger partial charge in [-0.05, 0) is 43.0 Å². The fraction of sp³-hybridized carbons (Fsp3) is 0.222. The van der Waals surface area contributed by atoms with Gasteiger partial charge in [0.25, 0.3) is 0 Å². The number of anilines is 2. The summed E-state index contributed by atoms with van der Waals surface area (Å²) in [4.78, 5) is 25.6. The molecule has 0 aromatic heterocycles. The lowest BCUT2D eigenvalue weighted by Gasteiger charge is -2.24. The Morgan fingerprint density at radius 2 is 1.57 bits per heavy atom. The second-order valence-electron chi connectivity index (χ2n) is 5.38. The van der Waals surface area contributed by atoms with Crippen LogP contribution in [0.1, 0.15) is 35.3 Å². The number of ketones is 1. The lowest BCUT2D eigenvalue weighted by Crippen LogP contribution is -2.24. The van der Waals surface area contributed by atoms with Crippen LogP contribution >= 0.6 is 0 Å². The van der Waals surface area contributed by atoms with E-state index in [4.69, 9.17) is 0 Å². The Balaban J connectivity index is 2.24. The average Bonchev–Trinajstić information content (AvgIpc) is 2.62. The van der Waals surface area contributed by atoms with Gasteiger partial charge in [-0.3, -0.25) is 14.5 Å². The number of fused-ring (bicyclic) bond motifs is 2. The molecule has 0 saturated carbocycles. The Bertz CT molecular complexity index is 734. The van der Waals surface area contributed by atoms with Gasteiger partial charge in [-0.25, -0.2) is 0 Å². The Morgan fingerprint density at radius 3 is 2.24 bits per heavy atom. The van der Waals surface area contributed by atoms with E-state index in [2.05, 4.69) is 6.07 Å². The van der Waals surface area contributed by atoms with Gasteiger partial charge >= 0.3 is 0 Å². The zero-order valence-corrected chi connectivity index (χ0v) is 12.2. The molecule has 1 aliphatic heterocycles. The van der Waals surface area contributed by atoms with Gasteiger partial charge < -0.3 is 0 Å². The predicted molar refractivity (Wildman–Crippen MR) is 83.1 cm³/mol. The monoisotopic (exact) mass is 279 g/mol. The summed E-state index contributed by atoms with van der Waals surface area (Å²) in [6.45, 7) is 3.11. The molecule has 1 heterocycles. The number of amides is 1.